The number of fused-ring (bicyclic) bond motifs is 1. The Morgan fingerprint density at radius 1 is 0.750 bits per heavy atom. The molecule has 0 amide bonds. The average molecular weight is 739 g/mol. The predicted octanol–water partition coefficient (Wildman–Crippen LogP) is 10.5. The maximum atomic E-state index is 5.60. The topological polar surface area (TPSA) is 67.7 Å². The summed E-state index contributed by atoms with van der Waals surface area (Å²) in [6.07, 6.45) is 6.58. The Labute approximate surface area is 332 Å². The summed E-state index contributed by atoms with van der Waals surface area (Å²) in [5.74, 6) is 3.34. The van der Waals surface area contributed by atoms with Gasteiger partial charge in [0.1, 0.15) is 23.4 Å². The molecule has 2 N–H and O–H groups in total. The SMILES string of the molecule is Cc1cccc(C)c1B1N(c2ccccc2)c2ccccc2N1c1cc(C(C)(C)C)cc(Cc2c[n+](-c3c(C(C)C)cccc3C(C)C)c(-c3ncc[nH]3)[nH]2)n1. The number of hydrogen-bond acceptors (Lipinski definition) is 4. The summed E-state index contributed by atoms with van der Waals surface area (Å²) in [5.41, 5.74) is 14.3. The number of para-hydroxylation sites is 4. The van der Waals surface area contributed by atoms with Crippen molar-refractivity contribution >= 4 is 35.3 Å². The molecule has 1 aliphatic rings. The van der Waals surface area contributed by atoms with Gasteiger partial charge in [-0.05, 0) is 78.5 Å². The van der Waals surface area contributed by atoms with Crippen molar-refractivity contribution in [3.8, 4) is 17.3 Å². The highest BCUT2D eigenvalue weighted by atomic mass is 15.3. The smallest absolute Gasteiger partial charge is 0.360 e. The first-order valence-electron chi connectivity index (χ1n) is 20.0. The molecule has 7 aromatic rings. The van der Waals surface area contributed by atoms with Crippen LogP contribution in [0.5, 0.6) is 0 Å². The van der Waals surface area contributed by atoms with Gasteiger partial charge in [0.2, 0.25) is 5.82 Å². The quantitative estimate of drug-likeness (QED) is 0.114. The summed E-state index contributed by atoms with van der Waals surface area (Å²) in [4.78, 5) is 22.5. The Morgan fingerprint density at radius 3 is 1.98 bits per heavy atom. The van der Waals surface area contributed by atoms with Crippen LogP contribution >= 0.6 is 0 Å². The molecule has 8 rings (SSSR count). The normalized spacial score (nSPS) is 13.0. The molecule has 0 spiro atoms. The van der Waals surface area contributed by atoms with Gasteiger partial charge in [0.05, 0.1) is 23.5 Å². The van der Waals surface area contributed by atoms with Crippen LogP contribution in [-0.4, -0.2) is 26.9 Å². The Kier molecular flexibility index (Phi) is 9.69. The van der Waals surface area contributed by atoms with Gasteiger partial charge < -0.3 is 14.6 Å². The molecule has 3 aromatic heterocycles. The summed E-state index contributed by atoms with van der Waals surface area (Å²) in [6.45, 7) is 20.3. The Balaban J connectivity index is 1.32. The molecule has 4 heterocycles. The fourth-order valence-corrected chi connectivity index (χ4v) is 8.36. The van der Waals surface area contributed by atoms with E-state index in [2.05, 4.69) is 196 Å². The highest BCUT2D eigenvalue weighted by Gasteiger charge is 2.45. The fraction of sp³-hybridized carbons (Fsp3) is 0.271. The summed E-state index contributed by atoms with van der Waals surface area (Å²) in [5, 5.41) is 0. The van der Waals surface area contributed by atoms with Gasteiger partial charge in [-0.2, -0.15) is 4.57 Å². The number of imidazole rings is 2. The fourth-order valence-electron chi connectivity index (χ4n) is 8.36. The molecule has 0 fully saturated rings. The lowest BCUT2D eigenvalue weighted by Gasteiger charge is -2.32. The number of rotatable bonds is 9. The first-order chi connectivity index (χ1) is 26.9. The van der Waals surface area contributed by atoms with Gasteiger partial charge in [0.25, 0.3) is 0 Å². The van der Waals surface area contributed by atoms with Crippen molar-refractivity contribution in [2.45, 2.75) is 86.0 Å². The van der Waals surface area contributed by atoms with Gasteiger partial charge in [-0.25, -0.2) is 15.0 Å². The zero-order valence-corrected chi connectivity index (χ0v) is 34.2. The highest BCUT2D eigenvalue weighted by molar-refractivity contribution is 6.85. The van der Waals surface area contributed by atoms with Crippen molar-refractivity contribution in [2.75, 3.05) is 9.62 Å². The molecule has 8 heteroatoms. The molecule has 7 nitrogen and oxygen atoms in total. The minimum absolute atomic E-state index is 0.115. The van der Waals surface area contributed by atoms with E-state index in [0.29, 0.717) is 18.3 Å². The molecule has 0 bridgehead atoms. The number of aromatic nitrogens is 5. The van der Waals surface area contributed by atoms with E-state index in [-0.39, 0.29) is 12.4 Å². The number of aromatic amines is 2. The molecular formula is C48H53BN7+. The first kappa shape index (κ1) is 37.1. The molecule has 282 valence electrons. The van der Waals surface area contributed by atoms with Crippen molar-refractivity contribution in [2.24, 2.45) is 0 Å². The van der Waals surface area contributed by atoms with Crippen LogP contribution in [0.4, 0.5) is 22.9 Å². The van der Waals surface area contributed by atoms with E-state index in [4.69, 9.17) is 9.97 Å². The second-order valence-electron chi connectivity index (χ2n) is 16.9. The summed E-state index contributed by atoms with van der Waals surface area (Å²) in [6, 6.07) is 37.5. The zero-order valence-electron chi connectivity index (χ0n) is 34.2. The molecule has 1 aliphatic heterocycles. The average Bonchev–Trinajstić information content (AvgIpc) is 3.92. The van der Waals surface area contributed by atoms with E-state index in [9.17, 15) is 0 Å². The van der Waals surface area contributed by atoms with Crippen LogP contribution in [0.1, 0.15) is 99.5 Å². The number of hydrogen-bond donors (Lipinski definition) is 2. The van der Waals surface area contributed by atoms with Crippen molar-refractivity contribution < 1.29 is 4.57 Å². The minimum Gasteiger partial charge on any atom is -0.360 e. The lowest BCUT2D eigenvalue weighted by Crippen LogP contribution is -2.55. The standard InChI is InChI=1S/C48H52BN7/c1-31(2)39-21-16-22-40(32(3)4)45(39)54-30-37(53-47(54)46-50-25-26-51-46)29-36-27-35(48(7,8)9)28-43(52-36)56-42-24-14-13-23-41(42)55(38-19-11-10-12-20-38)49(56)44-33(5)17-15-18-34(44)6/h10-28,30-32H,29H2,1-9H3,(H,50,51,53)/p+1. The lowest BCUT2D eigenvalue weighted by molar-refractivity contribution is -0.584. The van der Waals surface area contributed by atoms with E-state index >= 15 is 0 Å². The molecule has 0 saturated heterocycles. The minimum atomic E-state index is -0.147. The predicted molar refractivity (Wildman–Crippen MR) is 232 cm³/mol. The van der Waals surface area contributed by atoms with Gasteiger partial charge in [-0.15, -0.1) is 0 Å². The van der Waals surface area contributed by atoms with E-state index < -0.39 is 0 Å². The number of benzene rings is 4. The van der Waals surface area contributed by atoms with Crippen molar-refractivity contribution in [3.63, 3.8) is 0 Å². The molecule has 0 atom stereocenters. The van der Waals surface area contributed by atoms with Crippen LogP contribution in [0, 0.1) is 13.8 Å². The van der Waals surface area contributed by atoms with E-state index in [0.717, 1.165) is 45.9 Å². The number of H-pyrrole nitrogens is 2. The van der Waals surface area contributed by atoms with Crippen molar-refractivity contribution in [1.82, 2.24) is 19.9 Å². The number of anilines is 4. The third-order valence-electron chi connectivity index (χ3n) is 11.2. The molecule has 56 heavy (non-hydrogen) atoms. The maximum Gasteiger partial charge on any atom is 0.422 e. The molecule has 0 unspecified atom stereocenters. The van der Waals surface area contributed by atoms with Crippen LogP contribution in [0.15, 0.2) is 122 Å². The van der Waals surface area contributed by atoms with Crippen LogP contribution < -0.4 is 19.7 Å². The Bertz CT molecular complexity index is 2450. The molecule has 0 saturated carbocycles. The van der Waals surface area contributed by atoms with Crippen LogP contribution in [-0.2, 0) is 11.8 Å². The molecular weight excluding hydrogens is 685 g/mol. The number of aryl methyl sites for hydroxylation is 2. The monoisotopic (exact) mass is 738 g/mol. The van der Waals surface area contributed by atoms with E-state index in [1.807, 2.05) is 12.4 Å². The number of nitrogens with zero attached hydrogens (tertiary/aromatic N) is 5. The summed E-state index contributed by atoms with van der Waals surface area (Å²) < 4.78 is 2.32. The van der Waals surface area contributed by atoms with Crippen LogP contribution in [0.25, 0.3) is 17.3 Å². The van der Waals surface area contributed by atoms with Gasteiger partial charge in [0.15, 0.2) is 0 Å². The molecule has 0 radical (unpaired) electrons. The van der Waals surface area contributed by atoms with Crippen LogP contribution in [0.2, 0.25) is 0 Å². The Hall–Kier alpha value is -5.89. The molecule has 4 aromatic carbocycles. The third kappa shape index (κ3) is 6.72. The van der Waals surface area contributed by atoms with Crippen molar-refractivity contribution in [3.05, 3.63) is 161 Å². The summed E-state index contributed by atoms with van der Waals surface area (Å²) >= 11 is 0. The Morgan fingerprint density at radius 2 is 1.38 bits per heavy atom. The van der Waals surface area contributed by atoms with E-state index in [1.165, 1.54) is 39.0 Å². The van der Waals surface area contributed by atoms with Gasteiger partial charge in [-0.1, -0.05) is 126 Å². The largest absolute Gasteiger partial charge is 0.422 e. The zero-order chi connectivity index (χ0) is 39.3. The molecule has 0 aliphatic carbocycles. The lowest BCUT2D eigenvalue weighted by atomic mass is 9.61. The maximum absolute atomic E-state index is 5.60. The van der Waals surface area contributed by atoms with Crippen LogP contribution in [0.3, 0.4) is 0 Å². The highest BCUT2D eigenvalue weighted by Crippen LogP contribution is 2.46. The van der Waals surface area contributed by atoms with Crippen molar-refractivity contribution in [1.29, 1.82) is 0 Å². The summed E-state index contributed by atoms with van der Waals surface area (Å²) in [7, 11) is 0. The van der Waals surface area contributed by atoms with Gasteiger partial charge in [-0.3, -0.25) is 0 Å². The van der Waals surface area contributed by atoms with Gasteiger partial charge in [0, 0.05) is 29.2 Å². The second kappa shape index (κ2) is 14.6. The first-order valence-corrected chi connectivity index (χ1v) is 20.0. The second-order valence-corrected chi connectivity index (χ2v) is 16.9. The van der Waals surface area contributed by atoms with E-state index in [1.54, 1.807) is 0 Å². The third-order valence-corrected chi connectivity index (χ3v) is 11.2. The van der Waals surface area contributed by atoms with Gasteiger partial charge >= 0.3 is 12.8 Å². The number of pyridine rings is 1. The number of nitrogens with one attached hydrogen (secondary N) is 2.